The predicted octanol–water partition coefficient (Wildman–Crippen LogP) is 2.53. The van der Waals surface area contributed by atoms with Crippen molar-refractivity contribution in [2.75, 3.05) is 18.5 Å². The van der Waals surface area contributed by atoms with Crippen LogP contribution in [0.4, 0.5) is 5.00 Å². The average Bonchev–Trinajstić information content (AvgIpc) is 3.20. The number of nitrogens with one attached hydrogen (secondary N) is 1. The molecular weight excluding hydrogens is 368 g/mol. The van der Waals surface area contributed by atoms with Crippen molar-refractivity contribution >= 4 is 34.1 Å². The number of aryl methyl sites for hydroxylation is 1. The van der Waals surface area contributed by atoms with Crippen LogP contribution in [-0.4, -0.2) is 31.0 Å². The maximum Gasteiger partial charge on any atom is 0.341 e. The fraction of sp³-hybridized carbons (Fsp3) is 0.316. The number of anilines is 1. The zero-order chi connectivity index (χ0) is 19.4. The first kappa shape index (κ1) is 18.9. The number of hydrogen-bond acceptors (Lipinski definition) is 6. The van der Waals surface area contributed by atoms with E-state index in [0.717, 1.165) is 29.7 Å². The quantitative estimate of drug-likeness (QED) is 0.709. The van der Waals surface area contributed by atoms with Gasteiger partial charge in [-0.25, -0.2) is 4.79 Å². The third kappa shape index (κ3) is 4.11. The standard InChI is InChI=1S/C19H20N2O5S/c1-2-25-19(24)16-12-7-5-9-14(12)27-18(16)21-15(22)10-26-13-8-4-3-6-11(13)17(20)23/h3-4,6,8H,2,5,7,9-10H2,1H3,(H2,20,23)(H,21,22). The second-order valence-corrected chi connectivity index (χ2v) is 7.08. The Morgan fingerprint density at radius 3 is 2.74 bits per heavy atom. The Morgan fingerprint density at radius 2 is 2.00 bits per heavy atom. The molecule has 0 bridgehead atoms. The molecule has 27 heavy (non-hydrogen) atoms. The first-order valence-corrected chi connectivity index (χ1v) is 9.46. The van der Waals surface area contributed by atoms with Crippen LogP contribution in [0.3, 0.4) is 0 Å². The maximum absolute atomic E-state index is 12.3. The third-order valence-electron chi connectivity index (χ3n) is 4.17. The van der Waals surface area contributed by atoms with Crippen LogP contribution in [-0.2, 0) is 22.4 Å². The smallest absolute Gasteiger partial charge is 0.341 e. The van der Waals surface area contributed by atoms with Crippen molar-refractivity contribution in [1.29, 1.82) is 0 Å². The molecular formula is C19H20N2O5S. The van der Waals surface area contributed by atoms with Gasteiger partial charge in [-0.15, -0.1) is 11.3 Å². The Balaban J connectivity index is 1.72. The Morgan fingerprint density at radius 1 is 1.22 bits per heavy atom. The van der Waals surface area contributed by atoms with Gasteiger partial charge in [-0.1, -0.05) is 12.1 Å². The highest BCUT2D eigenvalue weighted by atomic mass is 32.1. The van der Waals surface area contributed by atoms with Crippen molar-refractivity contribution in [1.82, 2.24) is 0 Å². The normalized spacial score (nSPS) is 12.3. The Bertz CT molecular complexity index is 890. The largest absolute Gasteiger partial charge is 0.483 e. The zero-order valence-corrected chi connectivity index (χ0v) is 15.7. The average molecular weight is 388 g/mol. The van der Waals surface area contributed by atoms with Crippen LogP contribution in [0.1, 0.15) is 44.5 Å². The lowest BCUT2D eigenvalue weighted by Gasteiger charge is -2.10. The van der Waals surface area contributed by atoms with Gasteiger partial charge in [0.25, 0.3) is 11.8 Å². The summed E-state index contributed by atoms with van der Waals surface area (Å²) in [6.07, 6.45) is 2.69. The number of esters is 1. The summed E-state index contributed by atoms with van der Waals surface area (Å²) in [5.41, 5.74) is 6.91. The maximum atomic E-state index is 12.3. The highest BCUT2D eigenvalue weighted by Crippen LogP contribution is 2.39. The van der Waals surface area contributed by atoms with E-state index < -0.39 is 17.8 Å². The fourth-order valence-electron chi connectivity index (χ4n) is 3.01. The van der Waals surface area contributed by atoms with Crippen molar-refractivity contribution in [2.24, 2.45) is 5.73 Å². The van der Waals surface area contributed by atoms with Gasteiger partial charge >= 0.3 is 5.97 Å². The van der Waals surface area contributed by atoms with E-state index in [1.54, 1.807) is 25.1 Å². The molecule has 1 aliphatic rings. The number of primary amides is 1. The minimum absolute atomic E-state index is 0.201. The number of hydrogen-bond donors (Lipinski definition) is 2. The number of thiophene rings is 1. The van der Waals surface area contributed by atoms with Crippen molar-refractivity contribution in [3.63, 3.8) is 0 Å². The molecule has 3 rings (SSSR count). The van der Waals surface area contributed by atoms with Gasteiger partial charge < -0.3 is 20.5 Å². The molecule has 0 unspecified atom stereocenters. The van der Waals surface area contributed by atoms with Crippen molar-refractivity contribution in [3.05, 3.63) is 45.8 Å². The Kier molecular flexibility index (Phi) is 5.75. The van der Waals surface area contributed by atoms with Crippen LogP contribution >= 0.6 is 11.3 Å². The van der Waals surface area contributed by atoms with E-state index >= 15 is 0 Å². The molecule has 0 aliphatic heterocycles. The van der Waals surface area contributed by atoms with Crippen molar-refractivity contribution in [3.8, 4) is 5.75 Å². The summed E-state index contributed by atoms with van der Waals surface area (Å²) in [5, 5.41) is 3.22. The SMILES string of the molecule is CCOC(=O)c1c(NC(=O)COc2ccccc2C(N)=O)sc2c1CCC2. The number of ether oxygens (including phenoxy) is 2. The van der Waals surface area contributed by atoms with Gasteiger partial charge in [0.2, 0.25) is 0 Å². The molecule has 2 amide bonds. The second kappa shape index (κ2) is 8.22. The van der Waals surface area contributed by atoms with E-state index in [4.69, 9.17) is 15.2 Å². The lowest BCUT2D eigenvalue weighted by Crippen LogP contribution is -2.22. The zero-order valence-electron chi connectivity index (χ0n) is 14.9. The highest BCUT2D eigenvalue weighted by molar-refractivity contribution is 7.17. The second-order valence-electron chi connectivity index (χ2n) is 5.98. The monoisotopic (exact) mass is 388 g/mol. The number of carbonyl (C=O) groups excluding carboxylic acids is 3. The molecule has 0 atom stereocenters. The van der Waals surface area contributed by atoms with Crippen LogP contribution in [0.15, 0.2) is 24.3 Å². The van der Waals surface area contributed by atoms with E-state index in [9.17, 15) is 14.4 Å². The van der Waals surface area contributed by atoms with E-state index in [-0.39, 0.29) is 24.5 Å². The molecule has 142 valence electrons. The molecule has 0 saturated carbocycles. The van der Waals surface area contributed by atoms with E-state index in [1.165, 1.54) is 17.4 Å². The summed E-state index contributed by atoms with van der Waals surface area (Å²) in [6, 6.07) is 6.43. The van der Waals surface area contributed by atoms with Crippen molar-refractivity contribution < 1.29 is 23.9 Å². The number of rotatable bonds is 7. The summed E-state index contributed by atoms with van der Waals surface area (Å²) >= 11 is 1.40. The Labute approximate surface area is 160 Å². The molecule has 0 saturated heterocycles. The molecule has 3 N–H and O–H groups in total. The molecule has 7 nitrogen and oxygen atoms in total. The number of nitrogens with two attached hydrogens (primary N) is 1. The minimum atomic E-state index is -0.634. The Hall–Kier alpha value is -2.87. The summed E-state index contributed by atoms with van der Waals surface area (Å²) < 4.78 is 10.6. The molecule has 0 fully saturated rings. The first-order valence-electron chi connectivity index (χ1n) is 8.64. The molecule has 1 aromatic carbocycles. The van der Waals surface area contributed by atoms with Gasteiger partial charge in [0, 0.05) is 4.88 Å². The van der Waals surface area contributed by atoms with Gasteiger partial charge in [-0.2, -0.15) is 0 Å². The predicted molar refractivity (Wildman–Crippen MR) is 101 cm³/mol. The third-order valence-corrected chi connectivity index (χ3v) is 5.37. The van der Waals surface area contributed by atoms with Crippen LogP contribution in [0, 0.1) is 0 Å². The fourth-order valence-corrected chi connectivity index (χ4v) is 4.31. The molecule has 1 heterocycles. The van der Waals surface area contributed by atoms with Crippen molar-refractivity contribution in [2.45, 2.75) is 26.2 Å². The molecule has 2 aromatic rings. The van der Waals surface area contributed by atoms with E-state index in [0.29, 0.717) is 10.6 Å². The molecule has 1 aliphatic carbocycles. The number of fused-ring (bicyclic) bond motifs is 1. The van der Waals surface area contributed by atoms with Crippen LogP contribution < -0.4 is 15.8 Å². The number of para-hydroxylation sites is 1. The molecule has 1 aromatic heterocycles. The van der Waals surface area contributed by atoms with Gasteiger partial charge in [0.1, 0.15) is 10.8 Å². The van der Waals surface area contributed by atoms with Gasteiger partial charge in [-0.3, -0.25) is 9.59 Å². The number of carbonyl (C=O) groups is 3. The molecule has 8 heteroatoms. The van der Waals surface area contributed by atoms with Gasteiger partial charge in [0.05, 0.1) is 17.7 Å². The van der Waals surface area contributed by atoms with E-state index in [1.807, 2.05) is 0 Å². The van der Waals surface area contributed by atoms with Gasteiger partial charge in [-0.05, 0) is 43.9 Å². The summed E-state index contributed by atoms with van der Waals surface area (Å²) in [7, 11) is 0. The molecule has 0 spiro atoms. The minimum Gasteiger partial charge on any atom is -0.483 e. The summed E-state index contributed by atoms with van der Waals surface area (Å²) in [6.45, 7) is 1.70. The number of benzene rings is 1. The lowest BCUT2D eigenvalue weighted by atomic mass is 10.1. The lowest BCUT2D eigenvalue weighted by molar-refractivity contribution is -0.118. The van der Waals surface area contributed by atoms with Gasteiger partial charge in [0.15, 0.2) is 6.61 Å². The van der Waals surface area contributed by atoms with E-state index in [2.05, 4.69) is 5.32 Å². The number of amides is 2. The van der Waals surface area contributed by atoms with Crippen LogP contribution in [0.5, 0.6) is 5.75 Å². The topological polar surface area (TPSA) is 108 Å². The summed E-state index contributed by atoms with van der Waals surface area (Å²) in [4.78, 5) is 37.2. The van der Waals surface area contributed by atoms with Crippen LogP contribution in [0.25, 0.3) is 0 Å². The molecule has 0 radical (unpaired) electrons. The summed E-state index contributed by atoms with van der Waals surface area (Å²) in [5.74, 6) is -1.25. The van der Waals surface area contributed by atoms with Crippen LogP contribution in [0.2, 0.25) is 0 Å². The highest BCUT2D eigenvalue weighted by Gasteiger charge is 2.28. The first-order chi connectivity index (χ1) is 13.0.